The van der Waals surface area contributed by atoms with Gasteiger partial charge in [0.2, 0.25) is 15.9 Å². The fraction of sp³-hybridized carbons (Fsp3) is 0.333. The quantitative estimate of drug-likeness (QED) is 0.801. The van der Waals surface area contributed by atoms with Gasteiger partial charge in [-0.3, -0.25) is 4.79 Å². The van der Waals surface area contributed by atoms with Gasteiger partial charge in [-0.1, -0.05) is 30.3 Å². The van der Waals surface area contributed by atoms with Gasteiger partial charge < -0.3 is 16.0 Å². The van der Waals surface area contributed by atoms with E-state index in [9.17, 15) is 18.0 Å². The lowest BCUT2D eigenvalue weighted by Gasteiger charge is -2.35. The number of piperazine rings is 1. The molecule has 2 aromatic rings. The van der Waals surface area contributed by atoms with Crippen molar-refractivity contribution in [1.29, 1.82) is 0 Å². The molecule has 3 rings (SSSR count). The van der Waals surface area contributed by atoms with Gasteiger partial charge in [-0.25, -0.2) is 13.2 Å². The first-order valence-corrected chi connectivity index (χ1v) is 10.1. The predicted octanol–water partition coefficient (Wildman–Crippen LogP) is 0.730. The SMILES string of the molecule is C[C@@H](NC(N)=O)C(=O)N1CCN(S(=O)(=O)c2ccc3ccccc3c2)CC1. The third-order valence-electron chi connectivity index (χ3n) is 4.64. The summed E-state index contributed by atoms with van der Waals surface area (Å²) in [5.41, 5.74) is 5.04. The Hall–Kier alpha value is -2.65. The van der Waals surface area contributed by atoms with Crippen molar-refractivity contribution in [3.05, 3.63) is 42.5 Å². The van der Waals surface area contributed by atoms with Gasteiger partial charge >= 0.3 is 6.03 Å². The summed E-state index contributed by atoms with van der Waals surface area (Å²) in [4.78, 5) is 25.0. The maximum absolute atomic E-state index is 12.9. The van der Waals surface area contributed by atoms with Gasteiger partial charge in [-0.05, 0) is 29.8 Å². The van der Waals surface area contributed by atoms with E-state index in [1.54, 1.807) is 25.1 Å². The first kappa shape index (κ1) is 19.1. The standard InChI is InChI=1S/C18H22N4O4S/c1-13(20-18(19)24)17(23)21-8-10-22(11-9-21)27(25,26)16-7-6-14-4-2-3-5-15(14)12-16/h2-7,12-13H,8-11H2,1H3,(H3,19,20,24)/t13-/m1/s1. The number of amides is 3. The number of rotatable bonds is 4. The second-order valence-electron chi connectivity index (χ2n) is 6.47. The molecule has 0 saturated carbocycles. The van der Waals surface area contributed by atoms with Crippen LogP contribution >= 0.6 is 0 Å². The number of primary amides is 1. The number of hydrogen-bond donors (Lipinski definition) is 2. The number of nitrogens with one attached hydrogen (secondary N) is 1. The molecule has 1 fully saturated rings. The molecule has 0 spiro atoms. The number of nitrogens with two attached hydrogens (primary N) is 1. The third-order valence-corrected chi connectivity index (χ3v) is 6.53. The first-order valence-electron chi connectivity index (χ1n) is 8.63. The molecule has 1 aliphatic rings. The summed E-state index contributed by atoms with van der Waals surface area (Å²) in [6.45, 7) is 2.46. The van der Waals surface area contributed by atoms with Crippen molar-refractivity contribution in [2.75, 3.05) is 26.2 Å². The molecule has 0 radical (unpaired) electrons. The fourth-order valence-corrected chi connectivity index (χ4v) is 4.63. The Bertz CT molecular complexity index is 968. The lowest BCUT2D eigenvalue weighted by atomic mass is 10.1. The van der Waals surface area contributed by atoms with Crippen molar-refractivity contribution in [3.63, 3.8) is 0 Å². The van der Waals surface area contributed by atoms with Crippen LogP contribution in [0.1, 0.15) is 6.92 Å². The van der Waals surface area contributed by atoms with Crippen LogP contribution in [0.2, 0.25) is 0 Å². The van der Waals surface area contributed by atoms with Crippen LogP contribution in [0.5, 0.6) is 0 Å². The lowest BCUT2D eigenvalue weighted by molar-refractivity contribution is -0.133. The highest BCUT2D eigenvalue weighted by Crippen LogP contribution is 2.23. The maximum Gasteiger partial charge on any atom is 0.312 e. The van der Waals surface area contributed by atoms with E-state index in [-0.39, 0.29) is 37.0 Å². The van der Waals surface area contributed by atoms with E-state index in [1.165, 1.54) is 9.21 Å². The van der Waals surface area contributed by atoms with Gasteiger partial charge in [-0.15, -0.1) is 0 Å². The minimum atomic E-state index is -3.64. The predicted molar refractivity (Wildman–Crippen MR) is 101 cm³/mol. The summed E-state index contributed by atoms with van der Waals surface area (Å²) in [5, 5.41) is 4.17. The highest BCUT2D eigenvalue weighted by molar-refractivity contribution is 7.89. The lowest BCUT2D eigenvalue weighted by Crippen LogP contribution is -2.55. The van der Waals surface area contributed by atoms with Crippen molar-refractivity contribution >= 4 is 32.7 Å². The summed E-state index contributed by atoms with van der Waals surface area (Å²) in [5.74, 6) is -0.281. The van der Waals surface area contributed by atoms with Gasteiger partial charge in [0.25, 0.3) is 0 Å². The molecule has 0 aliphatic carbocycles. The molecule has 3 amide bonds. The van der Waals surface area contributed by atoms with E-state index >= 15 is 0 Å². The van der Waals surface area contributed by atoms with Crippen LogP contribution < -0.4 is 11.1 Å². The van der Waals surface area contributed by atoms with Crippen LogP contribution in [-0.2, 0) is 14.8 Å². The molecule has 9 heteroatoms. The van der Waals surface area contributed by atoms with Gasteiger partial charge in [0.1, 0.15) is 6.04 Å². The molecule has 1 heterocycles. The van der Waals surface area contributed by atoms with Crippen LogP contribution in [0.15, 0.2) is 47.4 Å². The number of nitrogens with zero attached hydrogens (tertiary/aromatic N) is 2. The second kappa shape index (κ2) is 7.53. The van der Waals surface area contributed by atoms with Crippen molar-refractivity contribution in [2.24, 2.45) is 5.73 Å². The van der Waals surface area contributed by atoms with E-state index in [1.807, 2.05) is 24.3 Å². The van der Waals surface area contributed by atoms with Crippen LogP contribution in [-0.4, -0.2) is 61.8 Å². The molecular weight excluding hydrogens is 368 g/mol. The average molecular weight is 390 g/mol. The van der Waals surface area contributed by atoms with Crippen LogP contribution in [0, 0.1) is 0 Å². The summed E-state index contributed by atoms with van der Waals surface area (Å²) in [6, 6.07) is 11.1. The van der Waals surface area contributed by atoms with Crippen LogP contribution in [0.4, 0.5) is 4.79 Å². The molecule has 2 aromatic carbocycles. The number of urea groups is 1. The van der Waals surface area contributed by atoms with E-state index < -0.39 is 22.1 Å². The minimum absolute atomic E-state index is 0.199. The zero-order valence-electron chi connectivity index (χ0n) is 15.0. The first-order chi connectivity index (χ1) is 12.8. The minimum Gasteiger partial charge on any atom is -0.352 e. The number of sulfonamides is 1. The van der Waals surface area contributed by atoms with E-state index in [2.05, 4.69) is 5.32 Å². The molecule has 1 aliphatic heterocycles. The van der Waals surface area contributed by atoms with Crippen molar-refractivity contribution in [2.45, 2.75) is 17.9 Å². The Labute approximate surface area is 158 Å². The summed E-state index contributed by atoms with van der Waals surface area (Å²) >= 11 is 0. The smallest absolute Gasteiger partial charge is 0.312 e. The number of benzene rings is 2. The Morgan fingerprint density at radius 3 is 2.30 bits per heavy atom. The van der Waals surface area contributed by atoms with Gasteiger partial charge in [-0.2, -0.15) is 4.31 Å². The molecule has 3 N–H and O–H groups in total. The third kappa shape index (κ3) is 4.04. The molecule has 1 atom stereocenters. The summed E-state index contributed by atoms with van der Waals surface area (Å²) in [7, 11) is -3.64. The van der Waals surface area contributed by atoms with E-state index in [0.717, 1.165) is 10.8 Å². The van der Waals surface area contributed by atoms with Gasteiger partial charge in [0.15, 0.2) is 0 Å². The van der Waals surface area contributed by atoms with Gasteiger partial charge in [0.05, 0.1) is 4.90 Å². The topological polar surface area (TPSA) is 113 Å². The maximum atomic E-state index is 12.9. The number of carbonyl (C=O) groups is 2. The summed E-state index contributed by atoms with van der Waals surface area (Å²) < 4.78 is 27.3. The summed E-state index contributed by atoms with van der Waals surface area (Å²) in [6.07, 6.45) is 0. The highest BCUT2D eigenvalue weighted by atomic mass is 32.2. The molecule has 1 saturated heterocycles. The Balaban J connectivity index is 1.70. The average Bonchev–Trinajstić information content (AvgIpc) is 2.66. The zero-order chi connectivity index (χ0) is 19.6. The molecule has 8 nitrogen and oxygen atoms in total. The molecule has 0 unspecified atom stereocenters. The Kier molecular flexibility index (Phi) is 5.33. The molecular formula is C18H22N4O4S. The van der Waals surface area contributed by atoms with E-state index in [4.69, 9.17) is 5.73 Å². The highest BCUT2D eigenvalue weighted by Gasteiger charge is 2.31. The normalized spacial score (nSPS) is 16.9. The number of fused-ring (bicyclic) bond motifs is 1. The zero-order valence-corrected chi connectivity index (χ0v) is 15.8. The van der Waals surface area contributed by atoms with Crippen LogP contribution in [0.3, 0.4) is 0 Å². The van der Waals surface area contributed by atoms with Crippen molar-refractivity contribution in [1.82, 2.24) is 14.5 Å². The van der Waals surface area contributed by atoms with Gasteiger partial charge in [0, 0.05) is 26.2 Å². The fourth-order valence-electron chi connectivity index (χ4n) is 3.17. The largest absolute Gasteiger partial charge is 0.352 e. The van der Waals surface area contributed by atoms with Crippen molar-refractivity contribution < 1.29 is 18.0 Å². The number of hydrogen-bond acceptors (Lipinski definition) is 4. The second-order valence-corrected chi connectivity index (χ2v) is 8.41. The Morgan fingerprint density at radius 1 is 1.04 bits per heavy atom. The molecule has 0 aromatic heterocycles. The number of carbonyl (C=O) groups excluding carboxylic acids is 2. The Morgan fingerprint density at radius 2 is 1.67 bits per heavy atom. The van der Waals surface area contributed by atoms with Crippen molar-refractivity contribution in [3.8, 4) is 0 Å². The monoisotopic (exact) mass is 390 g/mol. The molecule has 144 valence electrons. The molecule has 0 bridgehead atoms. The molecule has 27 heavy (non-hydrogen) atoms. The van der Waals surface area contributed by atoms with Crippen LogP contribution in [0.25, 0.3) is 10.8 Å². The van der Waals surface area contributed by atoms with E-state index in [0.29, 0.717) is 0 Å².